The Balaban J connectivity index is 1.95. The van der Waals surface area contributed by atoms with Crippen LogP contribution in [0, 0.1) is 6.92 Å². The molecule has 0 saturated carbocycles. The molecule has 0 radical (unpaired) electrons. The molecule has 16 heavy (non-hydrogen) atoms. The Morgan fingerprint density at radius 2 is 2.00 bits per heavy atom. The molecule has 3 nitrogen and oxygen atoms in total. The van der Waals surface area contributed by atoms with Gasteiger partial charge in [0.2, 0.25) is 5.91 Å². The lowest BCUT2D eigenvalue weighted by molar-refractivity contribution is -0.115. The molecule has 0 fully saturated rings. The molecular formula is C13H13NO2. The monoisotopic (exact) mass is 215 g/mol. The average molecular weight is 215 g/mol. The molecule has 0 atom stereocenters. The standard InChI is InChI=1S/C13H13NO2/c1-10-4-6-11(7-5-10)14-13(15)9-12-3-2-8-16-12/h2-8H,9H2,1H3,(H,14,15). The van der Waals surface area contributed by atoms with Crippen molar-refractivity contribution in [3.05, 3.63) is 54.0 Å². The quantitative estimate of drug-likeness (QED) is 0.855. The molecule has 0 spiro atoms. The van der Waals surface area contributed by atoms with E-state index in [1.54, 1.807) is 18.4 Å². The van der Waals surface area contributed by atoms with E-state index >= 15 is 0 Å². The minimum absolute atomic E-state index is 0.0706. The Labute approximate surface area is 94.1 Å². The highest BCUT2D eigenvalue weighted by molar-refractivity contribution is 5.91. The highest BCUT2D eigenvalue weighted by Crippen LogP contribution is 2.09. The molecule has 1 N–H and O–H groups in total. The molecule has 0 bridgehead atoms. The van der Waals surface area contributed by atoms with Crippen molar-refractivity contribution >= 4 is 11.6 Å². The Morgan fingerprint density at radius 1 is 1.25 bits per heavy atom. The minimum Gasteiger partial charge on any atom is -0.469 e. The fourth-order valence-electron chi connectivity index (χ4n) is 1.41. The predicted octanol–water partition coefficient (Wildman–Crippen LogP) is 2.77. The van der Waals surface area contributed by atoms with Crippen LogP contribution in [0.1, 0.15) is 11.3 Å². The van der Waals surface area contributed by atoms with Crippen LogP contribution < -0.4 is 5.32 Å². The van der Waals surface area contributed by atoms with Crippen molar-refractivity contribution in [2.75, 3.05) is 5.32 Å². The van der Waals surface area contributed by atoms with E-state index in [0.717, 1.165) is 5.69 Å². The zero-order valence-electron chi connectivity index (χ0n) is 9.07. The van der Waals surface area contributed by atoms with E-state index in [9.17, 15) is 4.79 Å². The summed E-state index contributed by atoms with van der Waals surface area (Å²) in [7, 11) is 0. The lowest BCUT2D eigenvalue weighted by atomic mass is 10.2. The molecule has 0 saturated heterocycles. The van der Waals surface area contributed by atoms with Gasteiger partial charge < -0.3 is 9.73 Å². The van der Waals surface area contributed by atoms with Crippen LogP contribution in [0.2, 0.25) is 0 Å². The van der Waals surface area contributed by atoms with Gasteiger partial charge >= 0.3 is 0 Å². The summed E-state index contributed by atoms with van der Waals surface area (Å²) >= 11 is 0. The topological polar surface area (TPSA) is 42.2 Å². The van der Waals surface area contributed by atoms with Crippen LogP contribution in [0.4, 0.5) is 5.69 Å². The molecule has 2 rings (SSSR count). The van der Waals surface area contributed by atoms with Crippen LogP contribution >= 0.6 is 0 Å². The van der Waals surface area contributed by atoms with Gasteiger partial charge in [0.15, 0.2) is 0 Å². The molecule has 1 aromatic carbocycles. The fourth-order valence-corrected chi connectivity index (χ4v) is 1.41. The molecule has 1 aromatic heterocycles. The lowest BCUT2D eigenvalue weighted by Gasteiger charge is -2.03. The maximum Gasteiger partial charge on any atom is 0.231 e. The van der Waals surface area contributed by atoms with Crippen molar-refractivity contribution in [1.29, 1.82) is 0 Å². The molecule has 2 aromatic rings. The van der Waals surface area contributed by atoms with Gasteiger partial charge in [0.1, 0.15) is 5.76 Å². The maximum atomic E-state index is 11.6. The van der Waals surface area contributed by atoms with Crippen LogP contribution in [-0.4, -0.2) is 5.91 Å². The van der Waals surface area contributed by atoms with Crippen LogP contribution in [0.3, 0.4) is 0 Å². The molecule has 1 heterocycles. The number of anilines is 1. The first-order chi connectivity index (χ1) is 7.74. The zero-order valence-corrected chi connectivity index (χ0v) is 9.07. The van der Waals surface area contributed by atoms with Crippen LogP contribution in [0.25, 0.3) is 0 Å². The van der Waals surface area contributed by atoms with Crippen molar-refractivity contribution in [2.24, 2.45) is 0 Å². The number of carbonyl (C=O) groups excluding carboxylic acids is 1. The summed E-state index contributed by atoms with van der Waals surface area (Å²) in [4.78, 5) is 11.6. The number of amides is 1. The lowest BCUT2D eigenvalue weighted by Crippen LogP contribution is -2.13. The number of carbonyl (C=O) groups is 1. The Hall–Kier alpha value is -2.03. The van der Waals surface area contributed by atoms with Gasteiger partial charge in [0.05, 0.1) is 12.7 Å². The highest BCUT2D eigenvalue weighted by Gasteiger charge is 2.05. The second-order valence-electron chi connectivity index (χ2n) is 3.67. The van der Waals surface area contributed by atoms with E-state index in [-0.39, 0.29) is 12.3 Å². The van der Waals surface area contributed by atoms with Gasteiger partial charge in [0, 0.05) is 5.69 Å². The highest BCUT2D eigenvalue weighted by atomic mass is 16.3. The van der Waals surface area contributed by atoms with E-state index in [0.29, 0.717) is 5.76 Å². The second-order valence-corrected chi connectivity index (χ2v) is 3.67. The van der Waals surface area contributed by atoms with Gasteiger partial charge in [-0.1, -0.05) is 17.7 Å². The second kappa shape index (κ2) is 4.66. The third-order valence-corrected chi connectivity index (χ3v) is 2.25. The normalized spacial score (nSPS) is 10.1. The van der Waals surface area contributed by atoms with Crippen molar-refractivity contribution in [3.63, 3.8) is 0 Å². The van der Waals surface area contributed by atoms with Crippen LogP contribution in [0.15, 0.2) is 47.1 Å². The zero-order chi connectivity index (χ0) is 11.4. The average Bonchev–Trinajstić information content (AvgIpc) is 2.74. The first kappa shape index (κ1) is 10.5. The summed E-state index contributed by atoms with van der Waals surface area (Å²) in [6, 6.07) is 11.2. The van der Waals surface area contributed by atoms with E-state index in [1.165, 1.54) is 5.56 Å². The SMILES string of the molecule is Cc1ccc(NC(=O)Cc2ccco2)cc1. The van der Waals surface area contributed by atoms with Crippen molar-refractivity contribution in [2.45, 2.75) is 13.3 Å². The number of aryl methyl sites for hydroxylation is 1. The molecule has 0 aliphatic heterocycles. The summed E-state index contributed by atoms with van der Waals surface area (Å²) < 4.78 is 5.10. The summed E-state index contributed by atoms with van der Waals surface area (Å²) in [5.41, 5.74) is 1.98. The molecule has 3 heteroatoms. The summed E-state index contributed by atoms with van der Waals surface area (Å²) in [5, 5.41) is 2.81. The van der Waals surface area contributed by atoms with Gasteiger partial charge in [0.25, 0.3) is 0 Å². The van der Waals surface area contributed by atoms with E-state index in [4.69, 9.17) is 4.42 Å². The van der Waals surface area contributed by atoms with Gasteiger partial charge in [-0.25, -0.2) is 0 Å². The summed E-state index contributed by atoms with van der Waals surface area (Å²) in [6.07, 6.45) is 1.83. The summed E-state index contributed by atoms with van der Waals surface area (Å²) in [5.74, 6) is 0.600. The molecule has 0 aliphatic carbocycles. The first-order valence-electron chi connectivity index (χ1n) is 5.13. The smallest absolute Gasteiger partial charge is 0.231 e. The van der Waals surface area contributed by atoms with Gasteiger partial charge in [-0.3, -0.25) is 4.79 Å². The Morgan fingerprint density at radius 3 is 2.62 bits per heavy atom. The molecule has 1 amide bonds. The van der Waals surface area contributed by atoms with E-state index < -0.39 is 0 Å². The molecule has 0 unspecified atom stereocenters. The number of hydrogen-bond acceptors (Lipinski definition) is 2. The third kappa shape index (κ3) is 2.73. The third-order valence-electron chi connectivity index (χ3n) is 2.25. The first-order valence-corrected chi connectivity index (χ1v) is 5.13. The van der Waals surface area contributed by atoms with Gasteiger partial charge in [-0.15, -0.1) is 0 Å². The number of hydrogen-bond donors (Lipinski definition) is 1. The van der Waals surface area contributed by atoms with E-state index in [2.05, 4.69) is 5.32 Å². The predicted molar refractivity (Wildman–Crippen MR) is 62.2 cm³/mol. The fraction of sp³-hybridized carbons (Fsp3) is 0.154. The number of furan rings is 1. The molecular weight excluding hydrogens is 202 g/mol. The van der Waals surface area contributed by atoms with Crippen LogP contribution in [-0.2, 0) is 11.2 Å². The number of rotatable bonds is 3. The van der Waals surface area contributed by atoms with Crippen LogP contribution in [0.5, 0.6) is 0 Å². The summed E-state index contributed by atoms with van der Waals surface area (Å²) in [6.45, 7) is 2.01. The maximum absolute atomic E-state index is 11.6. The minimum atomic E-state index is -0.0706. The Kier molecular flexibility index (Phi) is 3.05. The van der Waals surface area contributed by atoms with Gasteiger partial charge in [-0.2, -0.15) is 0 Å². The van der Waals surface area contributed by atoms with E-state index in [1.807, 2.05) is 31.2 Å². The molecule has 82 valence electrons. The molecule has 0 aliphatic rings. The number of nitrogens with one attached hydrogen (secondary N) is 1. The van der Waals surface area contributed by atoms with Crippen molar-refractivity contribution in [1.82, 2.24) is 0 Å². The van der Waals surface area contributed by atoms with Crippen molar-refractivity contribution < 1.29 is 9.21 Å². The largest absolute Gasteiger partial charge is 0.469 e. The number of benzene rings is 1. The van der Waals surface area contributed by atoms with Gasteiger partial charge in [-0.05, 0) is 31.2 Å². The van der Waals surface area contributed by atoms with Crippen molar-refractivity contribution in [3.8, 4) is 0 Å². The Bertz CT molecular complexity index is 457.